The molecule has 4 atom stereocenters. The molecule has 1 aromatic carbocycles. The highest BCUT2D eigenvalue weighted by molar-refractivity contribution is 6.07. The van der Waals surface area contributed by atoms with Gasteiger partial charge in [-0.25, -0.2) is 15.0 Å². The Hall–Kier alpha value is -5.01. The predicted octanol–water partition coefficient (Wildman–Crippen LogP) is 6.75. The zero-order chi connectivity index (χ0) is 39.8. The van der Waals surface area contributed by atoms with E-state index in [2.05, 4.69) is 20.1 Å². The van der Waals surface area contributed by atoms with Crippen LogP contribution in [0.4, 0.5) is 13.2 Å². The van der Waals surface area contributed by atoms with Gasteiger partial charge in [0.15, 0.2) is 11.6 Å². The molecule has 0 spiro atoms. The molecule has 3 aromatic heterocycles. The van der Waals surface area contributed by atoms with Crippen molar-refractivity contribution in [3.63, 3.8) is 0 Å². The van der Waals surface area contributed by atoms with Crippen LogP contribution in [0.5, 0.6) is 0 Å². The number of likely N-dealkylation sites (tertiary alicyclic amines) is 1. The topological polar surface area (TPSA) is 131 Å². The predicted molar refractivity (Wildman–Crippen MR) is 200 cm³/mol. The molecule has 2 aliphatic rings. The van der Waals surface area contributed by atoms with Gasteiger partial charge in [0.25, 0.3) is 0 Å². The van der Waals surface area contributed by atoms with Crippen LogP contribution in [0.15, 0.2) is 36.7 Å². The van der Waals surface area contributed by atoms with Crippen LogP contribution in [0, 0.1) is 25.7 Å². The lowest BCUT2D eigenvalue weighted by atomic mass is 9.96. The summed E-state index contributed by atoms with van der Waals surface area (Å²) in [5, 5.41) is 5.28. The molecule has 55 heavy (non-hydrogen) atoms. The molecule has 0 N–H and O–H groups in total. The number of fused-ring (bicyclic) bond motifs is 2. The third-order valence-corrected chi connectivity index (χ3v) is 11.1. The first kappa shape index (κ1) is 39.7. The Kier molecular flexibility index (Phi) is 11.5. The van der Waals surface area contributed by atoms with Crippen LogP contribution in [0.25, 0.3) is 22.0 Å². The number of rotatable bonds is 15. The Bertz CT molecular complexity index is 2110. The van der Waals surface area contributed by atoms with E-state index in [9.17, 15) is 32.3 Å². The quantitative estimate of drug-likeness (QED) is 0.0962. The van der Waals surface area contributed by atoms with Crippen LogP contribution in [0.2, 0.25) is 0 Å². The number of benzene rings is 1. The van der Waals surface area contributed by atoms with Crippen molar-refractivity contribution in [1.82, 2.24) is 34.5 Å². The molecule has 11 nitrogen and oxygen atoms in total. The van der Waals surface area contributed by atoms with E-state index in [-0.39, 0.29) is 65.6 Å². The van der Waals surface area contributed by atoms with Crippen LogP contribution < -0.4 is 0 Å². The Labute approximate surface area is 318 Å². The smallest absolute Gasteiger partial charge is 0.346 e. The summed E-state index contributed by atoms with van der Waals surface area (Å²) in [6, 6.07) is 5.18. The van der Waals surface area contributed by atoms with E-state index < -0.39 is 17.9 Å². The number of aromatic nitrogens is 5. The molecular formula is C41H48F3N7O4. The molecule has 0 unspecified atom stereocenters. The van der Waals surface area contributed by atoms with Crippen LogP contribution >= 0.6 is 0 Å². The van der Waals surface area contributed by atoms with E-state index in [1.807, 2.05) is 33.0 Å². The van der Waals surface area contributed by atoms with Crippen molar-refractivity contribution in [2.75, 3.05) is 13.6 Å². The Morgan fingerprint density at radius 1 is 1.00 bits per heavy atom. The maximum absolute atomic E-state index is 14.2. The molecular weight excluding hydrogens is 711 g/mol. The summed E-state index contributed by atoms with van der Waals surface area (Å²) in [4.78, 5) is 69.4. The zero-order valence-electron chi connectivity index (χ0n) is 32.2. The molecule has 1 aliphatic heterocycles. The molecule has 1 saturated carbocycles. The number of unbranched alkanes of at least 4 members (excludes halogenated alkanes) is 2. The first-order valence-corrected chi connectivity index (χ1v) is 19.0. The zero-order valence-corrected chi connectivity index (χ0v) is 32.2. The summed E-state index contributed by atoms with van der Waals surface area (Å²) < 4.78 is 41.9. The normalized spacial score (nSPS) is 18.3. The number of pyridine rings is 1. The average molecular weight is 760 g/mol. The van der Waals surface area contributed by atoms with Gasteiger partial charge in [-0.2, -0.15) is 18.3 Å². The Morgan fingerprint density at radius 2 is 1.73 bits per heavy atom. The fraction of sp³-hybridized carbons (Fsp3) is 0.512. The fourth-order valence-corrected chi connectivity index (χ4v) is 7.78. The summed E-state index contributed by atoms with van der Waals surface area (Å²) in [5.74, 6) is -0.144. The number of amides is 2. The molecule has 2 amide bonds. The van der Waals surface area contributed by atoms with Crippen LogP contribution in [-0.4, -0.2) is 83.6 Å². The van der Waals surface area contributed by atoms with Crippen molar-refractivity contribution >= 4 is 34.3 Å². The van der Waals surface area contributed by atoms with Gasteiger partial charge in [0.1, 0.15) is 23.8 Å². The SMILES string of the molecule is CCN(C)C(=O)[C@@H](C)CCCCCc1cc(-c2cnc(C)nc2)cc2c(C(C)=O)nn(CC(=O)N3[C@@H]4C[C@@H]4C[C@H]3C(=O)Cc3nc(C(F)(F)F)ccc3C)c12. The van der Waals surface area contributed by atoms with Gasteiger partial charge < -0.3 is 9.80 Å². The number of Topliss-reactive ketones (excluding diaryl/α,β-unsaturated/α-hetero) is 2. The second-order valence-corrected chi connectivity index (χ2v) is 15.2. The molecule has 4 heterocycles. The Balaban J connectivity index is 1.27. The van der Waals surface area contributed by atoms with Gasteiger partial charge in [-0.15, -0.1) is 0 Å². The molecule has 1 saturated heterocycles. The first-order valence-electron chi connectivity index (χ1n) is 19.0. The third-order valence-electron chi connectivity index (χ3n) is 11.1. The molecule has 292 valence electrons. The molecule has 1 aliphatic carbocycles. The monoisotopic (exact) mass is 759 g/mol. The highest BCUT2D eigenvalue weighted by Gasteiger charge is 2.55. The highest BCUT2D eigenvalue weighted by Crippen LogP contribution is 2.48. The standard InChI is InChI=1S/C41H48F3N7O4/c1-7-49(6)40(55)24(3)11-9-8-10-12-27-15-28(30-20-45-26(5)46-21-30)16-31-38(25(4)52)48-50(39(27)31)22-37(54)51-33-17-29(33)18-34(51)35(53)19-32-23(2)13-14-36(47-32)41(42,43)44/h13-16,20-21,24,29,33-34H,7-12,17-19,22H2,1-6H3/t24-,29+,33+,34-/m0/s1. The van der Waals surface area contributed by atoms with Crippen LogP contribution in [0.3, 0.4) is 0 Å². The van der Waals surface area contributed by atoms with Gasteiger partial charge in [0.05, 0.1) is 23.7 Å². The van der Waals surface area contributed by atoms with E-state index in [0.717, 1.165) is 54.9 Å². The van der Waals surface area contributed by atoms with Crippen molar-refractivity contribution < 1.29 is 32.3 Å². The van der Waals surface area contributed by atoms with E-state index in [4.69, 9.17) is 0 Å². The maximum Gasteiger partial charge on any atom is 0.433 e. The lowest BCUT2D eigenvalue weighted by molar-refractivity contribution is -0.141. The van der Waals surface area contributed by atoms with Gasteiger partial charge in [-0.05, 0) is 93.7 Å². The number of carbonyl (C=O) groups is 4. The average Bonchev–Trinajstić information content (AvgIpc) is 3.64. The van der Waals surface area contributed by atoms with Crippen molar-refractivity contribution in [2.45, 2.75) is 111 Å². The van der Waals surface area contributed by atoms with Gasteiger partial charge in [-0.1, -0.05) is 25.8 Å². The number of piperidine rings is 1. The number of hydrogen-bond acceptors (Lipinski definition) is 8. The van der Waals surface area contributed by atoms with Gasteiger partial charge in [0, 0.05) is 55.8 Å². The molecule has 14 heteroatoms. The summed E-state index contributed by atoms with van der Waals surface area (Å²) in [6.45, 7) is 9.19. The van der Waals surface area contributed by atoms with Gasteiger partial charge in [-0.3, -0.25) is 23.9 Å². The largest absolute Gasteiger partial charge is 0.433 e. The maximum atomic E-state index is 14.2. The minimum atomic E-state index is -4.65. The van der Waals surface area contributed by atoms with Crippen molar-refractivity contribution in [3.8, 4) is 11.1 Å². The van der Waals surface area contributed by atoms with E-state index in [1.54, 1.807) is 40.7 Å². The minimum Gasteiger partial charge on any atom is -0.346 e. The lowest BCUT2D eigenvalue weighted by Gasteiger charge is -2.27. The number of alkyl halides is 3. The molecule has 0 radical (unpaired) electrons. The van der Waals surface area contributed by atoms with E-state index in [0.29, 0.717) is 41.7 Å². The van der Waals surface area contributed by atoms with Crippen molar-refractivity contribution in [2.24, 2.45) is 11.8 Å². The number of aryl methyl sites for hydroxylation is 3. The summed E-state index contributed by atoms with van der Waals surface area (Å²) >= 11 is 0. The molecule has 0 bridgehead atoms. The number of carbonyl (C=O) groups excluding carboxylic acids is 4. The van der Waals surface area contributed by atoms with Crippen molar-refractivity contribution in [3.05, 3.63) is 70.7 Å². The van der Waals surface area contributed by atoms with E-state index >= 15 is 0 Å². The summed E-state index contributed by atoms with van der Waals surface area (Å²) in [7, 11) is 1.81. The highest BCUT2D eigenvalue weighted by atomic mass is 19.4. The van der Waals surface area contributed by atoms with Crippen LogP contribution in [0.1, 0.15) is 98.1 Å². The second kappa shape index (κ2) is 16.0. The second-order valence-electron chi connectivity index (χ2n) is 15.2. The lowest BCUT2D eigenvalue weighted by Crippen LogP contribution is -2.45. The summed E-state index contributed by atoms with van der Waals surface area (Å²) in [5.41, 5.74) is 2.79. The van der Waals surface area contributed by atoms with Gasteiger partial charge >= 0.3 is 6.18 Å². The number of ketones is 2. The molecule has 4 aromatic rings. The first-order chi connectivity index (χ1) is 26.1. The Morgan fingerprint density at radius 3 is 2.40 bits per heavy atom. The summed E-state index contributed by atoms with van der Waals surface area (Å²) in [6.07, 6.45) is 3.58. The minimum absolute atomic E-state index is 0.0470. The van der Waals surface area contributed by atoms with Crippen LogP contribution in [-0.2, 0) is 39.9 Å². The van der Waals surface area contributed by atoms with E-state index in [1.165, 1.54) is 13.0 Å². The molecule has 2 fully saturated rings. The number of halogens is 3. The van der Waals surface area contributed by atoms with Gasteiger partial charge in [0.2, 0.25) is 11.8 Å². The molecule has 6 rings (SSSR count). The van der Waals surface area contributed by atoms with Crippen molar-refractivity contribution in [1.29, 1.82) is 0 Å². The number of nitrogens with zero attached hydrogens (tertiary/aromatic N) is 7. The number of hydrogen-bond donors (Lipinski definition) is 0. The third kappa shape index (κ3) is 8.63. The fourth-order valence-electron chi connectivity index (χ4n) is 7.78.